The van der Waals surface area contributed by atoms with Gasteiger partial charge in [-0.05, 0) is 30.7 Å². The third-order valence-electron chi connectivity index (χ3n) is 2.29. The van der Waals surface area contributed by atoms with E-state index in [1.807, 2.05) is 13.0 Å². The van der Waals surface area contributed by atoms with Gasteiger partial charge in [0.25, 0.3) is 0 Å². The van der Waals surface area contributed by atoms with E-state index in [0.717, 1.165) is 5.56 Å². The number of benzene rings is 1. The summed E-state index contributed by atoms with van der Waals surface area (Å²) in [4.78, 5) is 15.4. The van der Waals surface area contributed by atoms with Crippen molar-refractivity contribution in [1.29, 1.82) is 0 Å². The highest BCUT2D eigenvalue weighted by Crippen LogP contribution is 2.25. The van der Waals surface area contributed by atoms with Gasteiger partial charge < -0.3 is 9.47 Å². The minimum absolute atomic E-state index is 0.223. The molecule has 2 aromatic rings. The normalized spacial score (nSPS) is 10.0. The summed E-state index contributed by atoms with van der Waals surface area (Å²) in [7, 11) is 0. The van der Waals surface area contributed by atoms with Crippen LogP contribution < -0.4 is 9.47 Å². The molecular weight excluding hydrogens is 266 g/mol. The topological polar surface area (TPSA) is 48.4 Å². The van der Waals surface area contributed by atoms with Gasteiger partial charge >= 0.3 is 5.97 Å². The largest absolute Gasteiger partial charge is 0.480 e. The molecule has 1 aromatic carbocycles. The second-order valence-electron chi connectivity index (χ2n) is 3.86. The predicted octanol–water partition coefficient (Wildman–Crippen LogP) is 3.03. The van der Waals surface area contributed by atoms with Gasteiger partial charge in [0.15, 0.2) is 6.61 Å². The van der Waals surface area contributed by atoms with E-state index >= 15 is 0 Å². The fourth-order valence-electron chi connectivity index (χ4n) is 1.41. The first-order chi connectivity index (χ1) is 9.15. The van der Waals surface area contributed by atoms with Gasteiger partial charge in [0.05, 0.1) is 5.02 Å². The van der Waals surface area contributed by atoms with E-state index in [1.54, 1.807) is 36.5 Å². The minimum Gasteiger partial charge on any atom is -0.480 e. The van der Waals surface area contributed by atoms with E-state index in [-0.39, 0.29) is 12.5 Å². The lowest BCUT2D eigenvalue weighted by molar-refractivity contribution is -0.136. The van der Waals surface area contributed by atoms with Crippen LogP contribution in [0.25, 0.3) is 0 Å². The Morgan fingerprint density at radius 3 is 2.84 bits per heavy atom. The van der Waals surface area contributed by atoms with Crippen LogP contribution in [-0.4, -0.2) is 17.6 Å². The number of ether oxygens (including phenoxy) is 2. The van der Waals surface area contributed by atoms with E-state index in [1.165, 1.54) is 0 Å². The molecule has 0 saturated heterocycles. The zero-order valence-corrected chi connectivity index (χ0v) is 11.1. The Bertz CT molecular complexity index is 572. The van der Waals surface area contributed by atoms with Gasteiger partial charge in [0, 0.05) is 12.3 Å². The molecule has 98 valence electrons. The number of aromatic nitrogens is 1. The van der Waals surface area contributed by atoms with Gasteiger partial charge in [0.2, 0.25) is 5.88 Å². The highest BCUT2D eigenvalue weighted by Gasteiger charge is 2.08. The van der Waals surface area contributed by atoms with Gasteiger partial charge in [-0.15, -0.1) is 0 Å². The van der Waals surface area contributed by atoms with Crippen LogP contribution in [0, 0.1) is 6.92 Å². The van der Waals surface area contributed by atoms with Crippen molar-refractivity contribution < 1.29 is 14.3 Å². The standard InChI is InChI=1S/C14H12ClNO3/c1-10-5-6-12(11(15)8-10)18-9-14(17)19-13-4-2-3-7-16-13/h2-8H,9H2,1H3. The first-order valence-corrected chi connectivity index (χ1v) is 6.03. The fourth-order valence-corrected chi connectivity index (χ4v) is 1.70. The minimum atomic E-state index is -0.532. The molecule has 0 bridgehead atoms. The summed E-state index contributed by atoms with van der Waals surface area (Å²) in [5.74, 6) is 0.159. The number of hydrogen-bond acceptors (Lipinski definition) is 4. The van der Waals surface area contributed by atoms with Gasteiger partial charge in [0.1, 0.15) is 5.75 Å². The zero-order valence-electron chi connectivity index (χ0n) is 10.3. The Labute approximate surface area is 115 Å². The summed E-state index contributed by atoms with van der Waals surface area (Å²) in [6.45, 7) is 1.70. The highest BCUT2D eigenvalue weighted by molar-refractivity contribution is 6.32. The van der Waals surface area contributed by atoms with Crippen molar-refractivity contribution in [3.05, 3.63) is 53.2 Å². The molecule has 0 aliphatic carbocycles. The number of aryl methyl sites for hydroxylation is 1. The van der Waals surface area contributed by atoms with Crippen LogP contribution in [0.4, 0.5) is 0 Å². The second kappa shape index (κ2) is 6.20. The van der Waals surface area contributed by atoms with Crippen molar-refractivity contribution in [2.75, 3.05) is 6.61 Å². The van der Waals surface area contributed by atoms with Crippen LogP contribution in [0.15, 0.2) is 42.6 Å². The fraction of sp³-hybridized carbons (Fsp3) is 0.143. The Balaban J connectivity index is 1.90. The molecule has 0 aliphatic heterocycles. The molecule has 0 atom stereocenters. The number of esters is 1. The molecule has 2 rings (SSSR count). The average molecular weight is 278 g/mol. The van der Waals surface area contributed by atoms with Crippen LogP contribution in [0.2, 0.25) is 5.02 Å². The molecule has 0 aliphatic rings. The van der Waals surface area contributed by atoms with E-state index in [4.69, 9.17) is 21.1 Å². The lowest BCUT2D eigenvalue weighted by atomic mass is 10.2. The van der Waals surface area contributed by atoms with Crippen molar-refractivity contribution in [2.24, 2.45) is 0 Å². The molecule has 0 N–H and O–H groups in total. The summed E-state index contributed by atoms with van der Waals surface area (Å²) < 4.78 is 10.3. The van der Waals surface area contributed by atoms with Crippen molar-refractivity contribution in [3.63, 3.8) is 0 Å². The molecule has 0 saturated carbocycles. The van der Waals surface area contributed by atoms with Gasteiger partial charge in [-0.1, -0.05) is 23.7 Å². The van der Waals surface area contributed by atoms with Crippen LogP contribution in [0.5, 0.6) is 11.6 Å². The summed E-state index contributed by atoms with van der Waals surface area (Å²) in [6.07, 6.45) is 1.54. The maximum atomic E-state index is 11.5. The molecule has 1 heterocycles. The lowest BCUT2D eigenvalue weighted by Gasteiger charge is -2.08. The quantitative estimate of drug-likeness (QED) is 0.806. The number of rotatable bonds is 4. The second-order valence-corrected chi connectivity index (χ2v) is 4.27. The summed E-state index contributed by atoms with van der Waals surface area (Å²) in [5, 5.41) is 0.464. The van der Waals surface area contributed by atoms with Gasteiger partial charge in [-0.2, -0.15) is 0 Å². The third-order valence-corrected chi connectivity index (χ3v) is 2.58. The van der Waals surface area contributed by atoms with Gasteiger partial charge in [-0.25, -0.2) is 9.78 Å². The van der Waals surface area contributed by atoms with E-state index in [0.29, 0.717) is 10.8 Å². The maximum Gasteiger partial charge on any atom is 0.350 e. The molecule has 5 heteroatoms. The average Bonchev–Trinajstić information content (AvgIpc) is 2.39. The van der Waals surface area contributed by atoms with Crippen molar-refractivity contribution in [2.45, 2.75) is 6.92 Å². The molecule has 0 radical (unpaired) electrons. The SMILES string of the molecule is Cc1ccc(OCC(=O)Oc2ccccn2)c(Cl)c1. The Morgan fingerprint density at radius 2 is 2.16 bits per heavy atom. The molecule has 19 heavy (non-hydrogen) atoms. The number of halogens is 1. The molecule has 1 aromatic heterocycles. The Hall–Kier alpha value is -2.07. The molecule has 0 spiro atoms. The molecule has 0 unspecified atom stereocenters. The lowest BCUT2D eigenvalue weighted by Crippen LogP contribution is -2.18. The number of carbonyl (C=O) groups excluding carboxylic acids is 1. The van der Waals surface area contributed by atoms with Crippen molar-refractivity contribution >= 4 is 17.6 Å². The van der Waals surface area contributed by atoms with Crippen LogP contribution in [0.1, 0.15) is 5.56 Å². The van der Waals surface area contributed by atoms with Crippen LogP contribution in [-0.2, 0) is 4.79 Å². The van der Waals surface area contributed by atoms with E-state index < -0.39 is 5.97 Å². The monoisotopic (exact) mass is 277 g/mol. The summed E-state index contributed by atoms with van der Waals surface area (Å²) >= 11 is 5.98. The predicted molar refractivity (Wildman–Crippen MR) is 71.6 cm³/mol. The zero-order chi connectivity index (χ0) is 13.7. The Kier molecular flexibility index (Phi) is 4.36. The number of nitrogens with zero attached hydrogens (tertiary/aromatic N) is 1. The molecule has 0 amide bonds. The van der Waals surface area contributed by atoms with Crippen LogP contribution >= 0.6 is 11.6 Å². The Morgan fingerprint density at radius 1 is 1.32 bits per heavy atom. The number of hydrogen-bond donors (Lipinski definition) is 0. The van der Waals surface area contributed by atoms with Gasteiger partial charge in [-0.3, -0.25) is 0 Å². The maximum absolute atomic E-state index is 11.5. The van der Waals surface area contributed by atoms with Crippen molar-refractivity contribution in [3.8, 4) is 11.6 Å². The third kappa shape index (κ3) is 3.96. The summed E-state index contributed by atoms with van der Waals surface area (Å²) in [5.41, 5.74) is 1.02. The molecule has 0 fully saturated rings. The highest BCUT2D eigenvalue weighted by atomic mass is 35.5. The molecular formula is C14H12ClNO3. The first-order valence-electron chi connectivity index (χ1n) is 5.66. The van der Waals surface area contributed by atoms with Crippen LogP contribution in [0.3, 0.4) is 0 Å². The number of pyridine rings is 1. The van der Waals surface area contributed by atoms with Crippen molar-refractivity contribution in [1.82, 2.24) is 4.98 Å². The van der Waals surface area contributed by atoms with E-state index in [9.17, 15) is 4.79 Å². The summed E-state index contributed by atoms with van der Waals surface area (Å²) in [6, 6.07) is 10.4. The number of carbonyl (C=O) groups is 1. The molecule has 4 nitrogen and oxygen atoms in total. The smallest absolute Gasteiger partial charge is 0.350 e. The van der Waals surface area contributed by atoms with E-state index in [2.05, 4.69) is 4.98 Å². The first kappa shape index (κ1) is 13.4.